The first-order valence-corrected chi connectivity index (χ1v) is 7.72. The molecule has 23 heavy (non-hydrogen) atoms. The fourth-order valence-corrected chi connectivity index (χ4v) is 3.56. The summed E-state index contributed by atoms with van der Waals surface area (Å²) in [7, 11) is 0. The topological polar surface area (TPSA) is 94.5 Å². The molecule has 0 radical (unpaired) electrons. The Labute approximate surface area is 132 Å². The summed E-state index contributed by atoms with van der Waals surface area (Å²) in [5.74, 6) is 2.32. The third-order valence-corrected chi connectivity index (χ3v) is 4.77. The van der Waals surface area contributed by atoms with E-state index in [0.717, 1.165) is 0 Å². The van der Waals surface area contributed by atoms with Gasteiger partial charge in [0.2, 0.25) is 5.89 Å². The van der Waals surface area contributed by atoms with Crippen LogP contribution in [0, 0.1) is 25.7 Å². The second kappa shape index (κ2) is 5.45. The molecule has 4 heterocycles. The molecule has 0 aliphatic carbocycles. The normalized spacial score (nSPS) is 27.2. The molecule has 1 amide bonds. The predicted molar refractivity (Wildman–Crippen MR) is 76.7 cm³/mol. The van der Waals surface area contributed by atoms with Gasteiger partial charge in [-0.3, -0.25) is 4.79 Å². The molecule has 2 aliphatic heterocycles. The van der Waals surface area contributed by atoms with Crippen LogP contribution in [0.5, 0.6) is 0 Å². The molecular weight excluding hydrogens is 300 g/mol. The van der Waals surface area contributed by atoms with Crippen molar-refractivity contribution in [2.45, 2.75) is 19.8 Å². The van der Waals surface area contributed by atoms with Crippen LogP contribution >= 0.6 is 0 Å². The summed E-state index contributed by atoms with van der Waals surface area (Å²) in [6.07, 6.45) is 1.48. The fourth-order valence-electron chi connectivity index (χ4n) is 3.56. The molecule has 2 aromatic rings. The molecule has 3 atom stereocenters. The Hall–Kier alpha value is -2.22. The van der Waals surface area contributed by atoms with E-state index in [-0.39, 0.29) is 23.7 Å². The SMILES string of the molecule is Cc1noc([C@@H]2COC[C@@H]3CN(C(=O)c4cnoc4C)C[C@@H]32)n1. The van der Waals surface area contributed by atoms with Gasteiger partial charge in [-0.2, -0.15) is 4.98 Å². The van der Waals surface area contributed by atoms with Crippen LogP contribution in [0.1, 0.15) is 33.8 Å². The lowest BCUT2D eigenvalue weighted by molar-refractivity contribution is 0.00992. The molecule has 2 fully saturated rings. The van der Waals surface area contributed by atoms with Crippen LogP contribution in [-0.4, -0.2) is 52.4 Å². The second-order valence-electron chi connectivity index (χ2n) is 6.25. The highest BCUT2D eigenvalue weighted by atomic mass is 16.5. The summed E-state index contributed by atoms with van der Waals surface area (Å²) >= 11 is 0. The predicted octanol–water partition coefficient (Wildman–Crippen LogP) is 1.18. The minimum Gasteiger partial charge on any atom is -0.380 e. The number of rotatable bonds is 2. The number of carbonyl (C=O) groups excluding carboxylic acids is 1. The van der Waals surface area contributed by atoms with Crippen molar-refractivity contribution in [1.29, 1.82) is 0 Å². The zero-order chi connectivity index (χ0) is 16.0. The molecule has 0 bridgehead atoms. The van der Waals surface area contributed by atoms with Gasteiger partial charge in [-0.1, -0.05) is 10.3 Å². The first kappa shape index (κ1) is 14.4. The van der Waals surface area contributed by atoms with Crippen LogP contribution in [0.25, 0.3) is 0 Å². The molecule has 8 nitrogen and oxygen atoms in total. The van der Waals surface area contributed by atoms with Crippen molar-refractivity contribution >= 4 is 5.91 Å². The van der Waals surface area contributed by atoms with Crippen molar-refractivity contribution in [3.8, 4) is 0 Å². The third-order valence-electron chi connectivity index (χ3n) is 4.77. The number of aromatic nitrogens is 3. The van der Waals surface area contributed by atoms with Gasteiger partial charge in [0.05, 0.1) is 25.3 Å². The van der Waals surface area contributed by atoms with Gasteiger partial charge in [-0.05, 0) is 19.8 Å². The fraction of sp³-hybridized carbons (Fsp3) is 0.600. The van der Waals surface area contributed by atoms with E-state index in [1.807, 2.05) is 4.90 Å². The van der Waals surface area contributed by atoms with Crippen LogP contribution in [-0.2, 0) is 4.74 Å². The van der Waals surface area contributed by atoms with Crippen molar-refractivity contribution in [2.24, 2.45) is 11.8 Å². The number of amides is 1. The maximum absolute atomic E-state index is 12.7. The molecule has 0 saturated carbocycles. The first-order chi connectivity index (χ1) is 11.1. The van der Waals surface area contributed by atoms with Crippen molar-refractivity contribution in [2.75, 3.05) is 26.3 Å². The van der Waals surface area contributed by atoms with E-state index >= 15 is 0 Å². The Morgan fingerprint density at radius 1 is 1.26 bits per heavy atom. The van der Waals surface area contributed by atoms with E-state index in [9.17, 15) is 4.79 Å². The van der Waals surface area contributed by atoms with Crippen molar-refractivity contribution in [3.63, 3.8) is 0 Å². The number of carbonyl (C=O) groups is 1. The highest BCUT2D eigenvalue weighted by molar-refractivity contribution is 5.95. The molecule has 0 spiro atoms. The van der Waals surface area contributed by atoms with Crippen molar-refractivity contribution in [1.82, 2.24) is 20.2 Å². The zero-order valence-corrected chi connectivity index (χ0v) is 13.1. The maximum atomic E-state index is 12.7. The number of nitrogens with zero attached hydrogens (tertiary/aromatic N) is 4. The van der Waals surface area contributed by atoms with Gasteiger partial charge in [-0.15, -0.1) is 0 Å². The van der Waals surface area contributed by atoms with Gasteiger partial charge in [0.25, 0.3) is 5.91 Å². The summed E-state index contributed by atoms with van der Waals surface area (Å²) < 4.78 is 16.0. The Morgan fingerprint density at radius 2 is 2.13 bits per heavy atom. The van der Waals surface area contributed by atoms with Crippen LogP contribution in [0.3, 0.4) is 0 Å². The summed E-state index contributed by atoms with van der Waals surface area (Å²) in [6, 6.07) is 0. The number of hydrogen-bond acceptors (Lipinski definition) is 7. The monoisotopic (exact) mass is 318 g/mol. The average Bonchev–Trinajstić information content (AvgIpc) is 3.25. The van der Waals surface area contributed by atoms with E-state index in [1.165, 1.54) is 6.20 Å². The van der Waals surface area contributed by atoms with E-state index < -0.39 is 0 Å². The maximum Gasteiger partial charge on any atom is 0.259 e. The van der Waals surface area contributed by atoms with Gasteiger partial charge < -0.3 is 18.7 Å². The second-order valence-corrected chi connectivity index (χ2v) is 6.25. The number of likely N-dealkylation sites (tertiary alicyclic amines) is 1. The standard InChI is InChI=1S/C15H18N4O4/c1-8-11(3-16-22-8)15(20)19-4-10-6-21-7-13(12(10)5-19)14-17-9(2)18-23-14/h3,10,12-13H,4-7H2,1-2H3/t10-,12-,13+/m0/s1. The van der Waals surface area contributed by atoms with E-state index in [4.69, 9.17) is 13.8 Å². The Balaban J connectivity index is 1.55. The quantitative estimate of drug-likeness (QED) is 0.820. The van der Waals surface area contributed by atoms with E-state index in [1.54, 1.807) is 13.8 Å². The smallest absolute Gasteiger partial charge is 0.259 e. The van der Waals surface area contributed by atoms with Gasteiger partial charge in [0.1, 0.15) is 11.3 Å². The molecule has 0 aromatic carbocycles. The largest absolute Gasteiger partial charge is 0.380 e. The summed E-state index contributed by atoms with van der Waals surface area (Å²) in [5.41, 5.74) is 0.523. The Kier molecular flexibility index (Phi) is 3.41. The highest BCUT2D eigenvalue weighted by Gasteiger charge is 2.45. The molecule has 4 rings (SSSR count). The van der Waals surface area contributed by atoms with Gasteiger partial charge in [0, 0.05) is 19.0 Å². The minimum absolute atomic E-state index is 0.0383. The lowest BCUT2D eigenvalue weighted by atomic mass is 9.83. The molecule has 0 unspecified atom stereocenters. The molecule has 2 aliphatic rings. The van der Waals surface area contributed by atoms with Crippen LogP contribution in [0.15, 0.2) is 15.2 Å². The number of aryl methyl sites for hydroxylation is 2. The van der Waals surface area contributed by atoms with Crippen molar-refractivity contribution in [3.05, 3.63) is 29.2 Å². The van der Waals surface area contributed by atoms with Crippen LogP contribution in [0.4, 0.5) is 0 Å². The average molecular weight is 318 g/mol. The number of hydrogen-bond donors (Lipinski definition) is 0. The molecule has 2 saturated heterocycles. The highest BCUT2D eigenvalue weighted by Crippen LogP contribution is 2.39. The Morgan fingerprint density at radius 3 is 2.83 bits per heavy atom. The van der Waals surface area contributed by atoms with Gasteiger partial charge in [-0.25, -0.2) is 0 Å². The molecule has 2 aromatic heterocycles. The molecule has 0 N–H and O–H groups in total. The summed E-state index contributed by atoms with van der Waals surface area (Å²) in [4.78, 5) is 18.8. The lowest BCUT2D eigenvalue weighted by Gasteiger charge is -2.30. The summed E-state index contributed by atoms with van der Waals surface area (Å²) in [5, 5.41) is 7.56. The molecule has 122 valence electrons. The van der Waals surface area contributed by atoms with E-state index in [0.29, 0.717) is 49.3 Å². The molecular formula is C15H18N4O4. The lowest BCUT2D eigenvalue weighted by Crippen LogP contribution is -2.33. The van der Waals surface area contributed by atoms with Crippen LogP contribution in [0.2, 0.25) is 0 Å². The molecule has 8 heteroatoms. The minimum atomic E-state index is -0.0430. The zero-order valence-electron chi connectivity index (χ0n) is 13.1. The first-order valence-electron chi connectivity index (χ1n) is 7.72. The third kappa shape index (κ3) is 2.42. The van der Waals surface area contributed by atoms with Gasteiger partial charge in [0.15, 0.2) is 5.82 Å². The van der Waals surface area contributed by atoms with Gasteiger partial charge >= 0.3 is 0 Å². The van der Waals surface area contributed by atoms with Crippen LogP contribution < -0.4 is 0 Å². The van der Waals surface area contributed by atoms with Crippen molar-refractivity contribution < 1.29 is 18.6 Å². The number of ether oxygens (including phenoxy) is 1. The summed E-state index contributed by atoms with van der Waals surface area (Å²) in [6.45, 7) is 6.07. The Bertz CT molecular complexity index is 725. The number of fused-ring (bicyclic) bond motifs is 1. The van der Waals surface area contributed by atoms with E-state index in [2.05, 4.69) is 15.3 Å².